The highest BCUT2D eigenvalue weighted by molar-refractivity contribution is 8.01. The zero-order chi connectivity index (χ0) is 11.6. The summed E-state index contributed by atoms with van der Waals surface area (Å²) in [7, 11) is 0. The predicted octanol–water partition coefficient (Wildman–Crippen LogP) is 2.69. The van der Waals surface area contributed by atoms with Crippen molar-refractivity contribution >= 4 is 35.0 Å². The van der Waals surface area contributed by atoms with E-state index in [0.29, 0.717) is 0 Å². The number of hydrogen-bond acceptors (Lipinski definition) is 3. The van der Waals surface area contributed by atoms with Gasteiger partial charge in [0.25, 0.3) is 0 Å². The van der Waals surface area contributed by atoms with Crippen molar-refractivity contribution in [2.45, 2.75) is 10.2 Å². The van der Waals surface area contributed by atoms with Crippen molar-refractivity contribution in [2.75, 3.05) is 5.73 Å². The first kappa shape index (κ1) is 12.1. The van der Waals surface area contributed by atoms with Gasteiger partial charge >= 0.3 is 11.2 Å². The third-order valence-electron chi connectivity index (χ3n) is 1.48. The van der Waals surface area contributed by atoms with Crippen LogP contribution in [0.1, 0.15) is 0 Å². The molecule has 0 aliphatic rings. The highest BCUT2D eigenvalue weighted by Crippen LogP contribution is 2.42. The first-order valence-corrected chi connectivity index (χ1v) is 4.88. The Morgan fingerprint density at radius 2 is 2.13 bits per heavy atom. The van der Waals surface area contributed by atoms with Gasteiger partial charge in [-0.2, -0.15) is 8.78 Å². The average Bonchev–Trinajstić information content (AvgIpc) is 2.11. The van der Waals surface area contributed by atoms with Gasteiger partial charge in [0, 0.05) is 5.69 Å². The molecule has 7 heteroatoms. The maximum Gasteiger partial charge on any atom is 0.393 e. The third-order valence-corrected chi connectivity index (χ3v) is 2.99. The van der Waals surface area contributed by atoms with Crippen LogP contribution in [0.2, 0.25) is 5.02 Å². The van der Waals surface area contributed by atoms with Gasteiger partial charge in [-0.15, -0.1) is 0 Å². The molecule has 1 rings (SSSR count). The number of carbonyl (C=O) groups is 1. The van der Waals surface area contributed by atoms with E-state index in [4.69, 9.17) is 22.4 Å². The van der Waals surface area contributed by atoms with E-state index < -0.39 is 11.2 Å². The van der Waals surface area contributed by atoms with Crippen molar-refractivity contribution in [1.29, 1.82) is 0 Å². The van der Waals surface area contributed by atoms with E-state index in [0.717, 1.165) is 0 Å². The number of nitrogen functional groups attached to an aromatic ring is 1. The second-order valence-corrected chi connectivity index (χ2v) is 4.11. The van der Waals surface area contributed by atoms with E-state index in [-0.39, 0.29) is 27.4 Å². The van der Waals surface area contributed by atoms with E-state index in [2.05, 4.69) is 0 Å². The first-order chi connectivity index (χ1) is 6.84. The summed E-state index contributed by atoms with van der Waals surface area (Å²) in [5, 5.41) is 4.29. The average molecular weight is 254 g/mol. The fourth-order valence-electron chi connectivity index (χ4n) is 0.805. The zero-order valence-electron chi connectivity index (χ0n) is 7.21. The second-order valence-electron chi connectivity index (χ2n) is 2.58. The monoisotopic (exact) mass is 253 g/mol. The van der Waals surface area contributed by atoms with E-state index >= 15 is 0 Å². The highest BCUT2D eigenvalue weighted by Gasteiger charge is 2.41. The van der Waals surface area contributed by atoms with Gasteiger partial charge in [-0.05, 0) is 23.9 Å². The second kappa shape index (κ2) is 4.24. The van der Waals surface area contributed by atoms with Crippen molar-refractivity contribution in [3.8, 4) is 0 Å². The van der Waals surface area contributed by atoms with Crippen molar-refractivity contribution in [1.82, 2.24) is 0 Å². The summed E-state index contributed by atoms with van der Waals surface area (Å²) in [6.45, 7) is 0. The minimum atomic E-state index is -3.95. The molecule has 0 heterocycles. The summed E-state index contributed by atoms with van der Waals surface area (Å²) in [4.78, 5) is 10.1. The van der Waals surface area contributed by atoms with Crippen molar-refractivity contribution in [2.24, 2.45) is 0 Å². The number of halogens is 3. The van der Waals surface area contributed by atoms with E-state index in [1.807, 2.05) is 0 Å². The molecule has 0 atom stereocenters. The molecular weight excluding hydrogens is 248 g/mol. The van der Waals surface area contributed by atoms with Crippen LogP contribution < -0.4 is 5.73 Å². The number of nitrogens with two attached hydrogens (primary N) is 1. The van der Waals surface area contributed by atoms with Gasteiger partial charge in [0.2, 0.25) is 0 Å². The smallest absolute Gasteiger partial charge is 0.393 e. The van der Waals surface area contributed by atoms with Crippen LogP contribution in [-0.2, 0) is 4.79 Å². The number of hydrogen-bond donors (Lipinski definition) is 2. The van der Waals surface area contributed by atoms with Crippen LogP contribution in [0.15, 0.2) is 23.1 Å². The van der Waals surface area contributed by atoms with Gasteiger partial charge in [-0.1, -0.05) is 17.7 Å². The van der Waals surface area contributed by atoms with E-state index in [1.54, 1.807) is 0 Å². The highest BCUT2D eigenvalue weighted by atomic mass is 35.5. The number of benzene rings is 1. The van der Waals surface area contributed by atoms with Crippen LogP contribution in [-0.4, -0.2) is 16.3 Å². The summed E-state index contributed by atoms with van der Waals surface area (Å²) in [6.07, 6.45) is 0. The van der Waals surface area contributed by atoms with Crippen LogP contribution in [0.4, 0.5) is 14.5 Å². The molecule has 3 nitrogen and oxygen atoms in total. The molecule has 1 aromatic carbocycles. The largest absolute Gasteiger partial charge is 0.476 e. The maximum atomic E-state index is 12.8. The summed E-state index contributed by atoms with van der Waals surface area (Å²) in [6, 6.07) is 4.21. The molecule has 15 heavy (non-hydrogen) atoms. The molecule has 0 unspecified atom stereocenters. The summed E-state index contributed by atoms with van der Waals surface area (Å²) in [5.74, 6) is -2.23. The molecule has 0 aromatic heterocycles. The van der Waals surface area contributed by atoms with Gasteiger partial charge in [0.15, 0.2) is 0 Å². The van der Waals surface area contributed by atoms with Gasteiger partial charge in [0.05, 0.1) is 9.92 Å². The molecule has 0 saturated heterocycles. The van der Waals surface area contributed by atoms with Gasteiger partial charge in [-0.25, -0.2) is 4.79 Å². The number of alkyl halides is 2. The molecule has 82 valence electrons. The van der Waals surface area contributed by atoms with E-state index in [1.165, 1.54) is 18.2 Å². The molecule has 0 fully saturated rings. The Labute approximate surface area is 93.2 Å². The van der Waals surface area contributed by atoms with Gasteiger partial charge in [-0.3, -0.25) is 0 Å². The lowest BCUT2D eigenvalue weighted by molar-refractivity contribution is -0.152. The molecule has 3 N–H and O–H groups in total. The van der Waals surface area contributed by atoms with Crippen molar-refractivity contribution in [3.05, 3.63) is 23.2 Å². The quantitative estimate of drug-likeness (QED) is 0.642. The summed E-state index contributed by atoms with van der Waals surface area (Å²) < 4.78 is 25.7. The first-order valence-electron chi connectivity index (χ1n) is 3.69. The van der Waals surface area contributed by atoms with Crippen LogP contribution >= 0.6 is 23.4 Å². The summed E-state index contributed by atoms with van der Waals surface area (Å²) >= 11 is 5.43. The van der Waals surface area contributed by atoms with Gasteiger partial charge < -0.3 is 10.8 Å². The molecule has 1 aromatic rings. The molecule has 0 spiro atoms. The zero-order valence-corrected chi connectivity index (χ0v) is 8.78. The van der Waals surface area contributed by atoms with Crippen LogP contribution in [0.25, 0.3) is 0 Å². The SMILES string of the molecule is Nc1cccc(Cl)c1SC(F)(F)C(=O)O. The normalized spacial score (nSPS) is 11.4. The summed E-state index contributed by atoms with van der Waals surface area (Å²) in [5.41, 5.74) is 5.42. The number of carboxylic acids is 1. The Bertz CT molecular complexity index is 380. The molecule has 0 saturated carbocycles. The van der Waals surface area contributed by atoms with Crippen LogP contribution in [0.3, 0.4) is 0 Å². The Morgan fingerprint density at radius 3 is 2.60 bits per heavy atom. The Balaban J connectivity index is 3.04. The van der Waals surface area contributed by atoms with Crippen molar-refractivity contribution in [3.63, 3.8) is 0 Å². The lowest BCUT2D eigenvalue weighted by atomic mass is 10.3. The number of rotatable bonds is 3. The Morgan fingerprint density at radius 1 is 1.53 bits per heavy atom. The Kier molecular flexibility index (Phi) is 3.41. The molecule has 0 radical (unpaired) electrons. The van der Waals surface area contributed by atoms with E-state index in [9.17, 15) is 13.6 Å². The third kappa shape index (κ3) is 2.73. The molecule has 0 aliphatic carbocycles. The minimum absolute atomic E-state index is 0.000856. The fraction of sp³-hybridized carbons (Fsp3) is 0.125. The minimum Gasteiger partial charge on any atom is -0.476 e. The van der Waals surface area contributed by atoms with Gasteiger partial charge in [0.1, 0.15) is 0 Å². The Hall–Kier alpha value is -1.01. The number of aliphatic carboxylic acids is 1. The van der Waals surface area contributed by atoms with Crippen molar-refractivity contribution < 1.29 is 18.7 Å². The number of thioether (sulfide) groups is 1. The fourth-order valence-corrected chi connectivity index (χ4v) is 1.80. The number of anilines is 1. The lowest BCUT2D eigenvalue weighted by Gasteiger charge is -2.12. The molecule has 0 amide bonds. The maximum absolute atomic E-state index is 12.8. The van der Waals surface area contributed by atoms with Crippen LogP contribution in [0, 0.1) is 0 Å². The predicted molar refractivity (Wildman–Crippen MR) is 54.3 cm³/mol. The molecule has 0 aliphatic heterocycles. The standard InChI is InChI=1S/C8H6ClF2NO2S/c9-4-2-1-3-5(12)6(4)15-8(10,11)7(13)14/h1-3H,12H2,(H,13,14). The number of carboxylic acid groups (broad SMARTS) is 1. The molecular formula is C8H6ClF2NO2S. The lowest BCUT2D eigenvalue weighted by Crippen LogP contribution is -2.23. The molecule has 0 bridgehead atoms. The topological polar surface area (TPSA) is 63.3 Å². The van der Waals surface area contributed by atoms with Crippen LogP contribution in [0.5, 0.6) is 0 Å².